The molecule has 1 aliphatic rings. The van der Waals surface area contributed by atoms with Crippen molar-refractivity contribution in [1.29, 1.82) is 0 Å². The van der Waals surface area contributed by atoms with Gasteiger partial charge in [0.2, 0.25) is 0 Å². The van der Waals surface area contributed by atoms with E-state index in [0.717, 1.165) is 24.1 Å². The summed E-state index contributed by atoms with van der Waals surface area (Å²) in [5.74, 6) is -0.444. The minimum Gasteiger partial charge on any atom is -0.328 e. The van der Waals surface area contributed by atoms with Gasteiger partial charge in [-0.2, -0.15) is 0 Å². The van der Waals surface area contributed by atoms with Gasteiger partial charge in [0.1, 0.15) is 12.4 Å². The number of carbonyl (C=O) groups excluding carboxylic acids is 1. The number of halogens is 2. The van der Waals surface area contributed by atoms with Crippen LogP contribution in [0.5, 0.6) is 0 Å². The number of amides is 1. The standard InChI is InChI=1S/C18H18BrFN2O/c19-16-5-1-3-14(11-16)13-21-7-9-22(10-8-21)18(23)15-4-2-6-17(20)12-15/h1-6,11-12H,7-10,13H2/p+1. The Morgan fingerprint density at radius 2 is 1.87 bits per heavy atom. The lowest BCUT2D eigenvalue weighted by atomic mass is 10.1. The van der Waals surface area contributed by atoms with Crippen molar-refractivity contribution in [2.45, 2.75) is 6.54 Å². The molecule has 1 amide bonds. The second kappa shape index (κ2) is 7.23. The molecule has 1 saturated heterocycles. The van der Waals surface area contributed by atoms with Gasteiger partial charge in [0.25, 0.3) is 5.91 Å². The highest BCUT2D eigenvalue weighted by molar-refractivity contribution is 9.10. The molecule has 1 heterocycles. The molecule has 0 unspecified atom stereocenters. The van der Waals surface area contributed by atoms with Gasteiger partial charge in [-0.25, -0.2) is 4.39 Å². The second-order valence-electron chi connectivity index (χ2n) is 5.86. The highest BCUT2D eigenvalue weighted by atomic mass is 79.9. The average molecular weight is 378 g/mol. The van der Waals surface area contributed by atoms with Crippen molar-refractivity contribution in [3.05, 3.63) is 69.9 Å². The number of rotatable bonds is 3. The van der Waals surface area contributed by atoms with Crippen LogP contribution in [0.3, 0.4) is 0 Å². The lowest BCUT2D eigenvalue weighted by molar-refractivity contribution is -0.917. The van der Waals surface area contributed by atoms with E-state index in [0.29, 0.717) is 18.7 Å². The highest BCUT2D eigenvalue weighted by Gasteiger charge is 2.24. The van der Waals surface area contributed by atoms with E-state index in [2.05, 4.69) is 28.1 Å². The van der Waals surface area contributed by atoms with Crippen molar-refractivity contribution in [2.75, 3.05) is 26.2 Å². The van der Waals surface area contributed by atoms with Crippen LogP contribution in [0.15, 0.2) is 53.0 Å². The maximum absolute atomic E-state index is 13.3. The number of benzene rings is 2. The molecule has 120 valence electrons. The number of quaternary nitrogens is 1. The molecule has 3 rings (SSSR count). The van der Waals surface area contributed by atoms with Crippen LogP contribution in [-0.4, -0.2) is 37.0 Å². The van der Waals surface area contributed by atoms with Crippen LogP contribution in [0.1, 0.15) is 15.9 Å². The Kier molecular flexibility index (Phi) is 5.08. The molecule has 0 aromatic heterocycles. The molecule has 1 fully saturated rings. The second-order valence-corrected chi connectivity index (χ2v) is 6.77. The molecule has 0 spiro atoms. The summed E-state index contributed by atoms with van der Waals surface area (Å²) in [7, 11) is 0. The lowest BCUT2D eigenvalue weighted by Gasteiger charge is -2.32. The summed E-state index contributed by atoms with van der Waals surface area (Å²) < 4.78 is 14.3. The average Bonchev–Trinajstić information content (AvgIpc) is 2.55. The van der Waals surface area contributed by atoms with Gasteiger partial charge in [-0.1, -0.05) is 34.1 Å². The Labute approximate surface area is 143 Å². The van der Waals surface area contributed by atoms with Crippen molar-refractivity contribution in [3.8, 4) is 0 Å². The van der Waals surface area contributed by atoms with Gasteiger partial charge in [-0.3, -0.25) is 4.79 Å². The zero-order valence-electron chi connectivity index (χ0n) is 12.8. The van der Waals surface area contributed by atoms with Crippen molar-refractivity contribution in [1.82, 2.24) is 4.90 Å². The molecule has 2 aromatic rings. The molecule has 0 radical (unpaired) electrons. The molecule has 0 atom stereocenters. The third-order valence-electron chi connectivity index (χ3n) is 4.17. The number of hydrogen-bond acceptors (Lipinski definition) is 1. The van der Waals surface area contributed by atoms with Gasteiger partial charge < -0.3 is 9.80 Å². The molecular formula is C18H19BrFN2O+. The smallest absolute Gasteiger partial charge is 0.254 e. The summed E-state index contributed by atoms with van der Waals surface area (Å²) in [5, 5.41) is 0. The summed E-state index contributed by atoms with van der Waals surface area (Å²) in [6.45, 7) is 4.19. The fourth-order valence-corrected chi connectivity index (χ4v) is 3.39. The highest BCUT2D eigenvalue weighted by Crippen LogP contribution is 2.11. The van der Waals surface area contributed by atoms with Crippen LogP contribution in [0.25, 0.3) is 0 Å². The first-order valence-corrected chi connectivity index (χ1v) is 8.54. The largest absolute Gasteiger partial charge is 0.328 e. The van der Waals surface area contributed by atoms with Gasteiger partial charge >= 0.3 is 0 Å². The van der Waals surface area contributed by atoms with Crippen molar-refractivity contribution < 1.29 is 14.1 Å². The molecule has 0 saturated carbocycles. The minimum atomic E-state index is -0.366. The number of piperazine rings is 1. The third kappa shape index (κ3) is 4.18. The van der Waals surface area contributed by atoms with E-state index in [4.69, 9.17) is 0 Å². The summed E-state index contributed by atoms with van der Waals surface area (Å²) in [6, 6.07) is 14.2. The number of hydrogen-bond donors (Lipinski definition) is 1. The molecular weight excluding hydrogens is 359 g/mol. The molecule has 0 bridgehead atoms. The van der Waals surface area contributed by atoms with Crippen LogP contribution in [-0.2, 0) is 6.54 Å². The van der Waals surface area contributed by atoms with Gasteiger partial charge in [-0.05, 0) is 30.3 Å². The first kappa shape index (κ1) is 16.1. The Balaban J connectivity index is 1.57. The van der Waals surface area contributed by atoms with Gasteiger partial charge in [0.15, 0.2) is 0 Å². The zero-order chi connectivity index (χ0) is 16.2. The van der Waals surface area contributed by atoms with E-state index in [-0.39, 0.29) is 11.7 Å². The Hall–Kier alpha value is -1.72. The Bertz CT molecular complexity index is 699. The monoisotopic (exact) mass is 377 g/mol. The zero-order valence-corrected chi connectivity index (χ0v) is 14.4. The van der Waals surface area contributed by atoms with E-state index in [9.17, 15) is 9.18 Å². The third-order valence-corrected chi connectivity index (χ3v) is 4.67. The first-order valence-electron chi connectivity index (χ1n) is 7.75. The fourth-order valence-electron chi connectivity index (χ4n) is 2.94. The fraction of sp³-hybridized carbons (Fsp3) is 0.278. The van der Waals surface area contributed by atoms with Crippen LogP contribution >= 0.6 is 15.9 Å². The topological polar surface area (TPSA) is 24.8 Å². The van der Waals surface area contributed by atoms with Crippen molar-refractivity contribution in [2.24, 2.45) is 0 Å². The summed E-state index contributed by atoms with van der Waals surface area (Å²) in [6.07, 6.45) is 0. The first-order chi connectivity index (χ1) is 11.1. The molecule has 1 N–H and O–H groups in total. The van der Waals surface area contributed by atoms with Crippen LogP contribution < -0.4 is 4.90 Å². The maximum Gasteiger partial charge on any atom is 0.254 e. The van der Waals surface area contributed by atoms with E-state index in [1.165, 1.54) is 22.6 Å². The van der Waals surface area contributed by atoms with Gasteiger partial charge in [0, 0.05) is 15.6 Å². The summed E-state index contributed by atoms with van der Waals surface area (Å²) >= 11 is 3.49. The molecule has 0 aliphatic carbocycles. The summed E-state index contributed by atoms with van der Waals surface area (Å²) in [4.78, 5) is 15.7. The summed E-state index contributed by atoms with van der Waals surface area (Å²) in [5.41, 5.74) is 1.72. The van der Waals surface area contributed by atoms with E-state index >= 15 is 0 Å². The minimum absolute atomic E-state index is 0.0778. The molecule has 23 heavy (non-hydrogen) atoms. The predicted octanol–water partition coefficient (Wildman–Crippen LogP) is 2.13. The molecule has 3 nitrogen and oxygen atoms in total. The molecule has 5 heteroatoms. The Morgan fingerprint density at radius 3 is 2.57 bits per heavy atom. The quantitative estimate of drug-likeness (QED) is 0.870. The van der Waals surface area contributed by atoms with E-state index in [1.54, 1.807) is 12.1 Å². The normalized spacial score (nSPS) is 15.7. The molecule has 2 aromatic carbocycles. The lowest BCUT2D eigenvalue weighted by Crippen LogP contribution is -3.13. The number of carbonyl (C=O) groups is 1. The number of nitrogens with zero attached hydrogens (tertiary/aromatic N) is 1. The van der Waals surface area contributed by atoms with Crippen molar-refractivity contribution >= 4 is 21.8 Å². The van der Waals surface area contributed by atoms with Crippen LogP contribution in [0.2, 0.25) is 0 Å². The number of nitrogens with one attached hydrogen (secondary N) is 1. The SMILES string of the molecule is O=C(c1cccc(F)c1)N1CC[NH+](Cc2cccc(Br)c2)CC1. The maximum atomic E-state index is 13.3. The predicted molar refractivity (Wildman–Crippen MR) is 90.8 cm³/mol. The van der Waals surface area contributed by atoms with Crippen LogP contribution in [0.4, 0.5) is 4.39 Å². The van der Waals surface area contributed by atoms with E-state index < -0.39 is 0 Å². The molecule has 1 aliphatic heterocycles. The van der Waals surface area contributed by atoms with Gasteiger partial charge in [0.05, 0.1) is 26.2 Å². The van der Waals surface area contributed by atoms with Crippen LogP contribution in [0, 0.1) is 5.82 Å². The van der Waals surface area contributed by atoms with Crippen molar-refractivity contribution in [3.63, 3.8) is 0 Å². The van der Waals surface area contributed by atoms with Gasteiger partial charge in [-0.15, -0.1) is 0 Å². The van der Waals surface area contributed by atoms with E-state index in [1.807, 2.05) is 17.0 Å². The Morgan fingerprint density at radius 1 is 1.13 bits per heavy atom.